The number of hydrogen-bond donors (Lipinski definition) is 0. The van der Waals surface area contributed by atoms with Crippen molar-refractivity contribution in [3.63, 3.8) is 0 Å². The highest BCUT2D eigenvalue weighted by Gasteiger charge is 2.37. The second-order valence-corrected chi connectivity index (χ2v) is 11.4. The maximum absolute atomic E-state index is 5.11. The molecule has 0 spiro atoms. The molecule has 0 fully saturated rings. The number of nitrogens with zero attached hydrogens (tertiary/aromatic N) is 2. The molecule has 0 saturated heterocycles. The third-order valence-corrected chi connectivity index (χ3v) is 8.67. The van der Waals surface area contributed by atoms with Gasteiger partial charge in [0.25, 0.3) is 0 Å². The van der Waals surface area contributed by atoms with Crippen molar-refractivity contribution >= 4 is 5.57 Å². The van der Waals surface area contributed by atoms with Crippen LogP contribution in [0.25, 0.3) is 39.2 Å². The van der Waals surface area contributed by atoms with E-state index in [-0.39, 0.29) is 10.8 Å². The molecular weight excluding hydrogens is 436 g/mol. The van der Waals surface area contributed by atoms with E-state index in [1.165, 1.54) is 44.5 Å². The van der Waals surface area contributed by atoms with Crippen molar-refractivity contribution in [2.24, 2.45) is 0 Å². The predicted molar refractivity (Wildman–Crippen MR) is 149 cm³/mol. The van der Waals surface area contributed by atoms with Gasteiger partial charge in [0.05, 0.1) is 23.8 Å². The van der Waals surface area contributed by atoms with Crippen LogP contribution < -0.4 is 0 Å². The van der Waals surface area contributed by atoms with Gasteiger partial charge in [0.1, 0.15) is 0 Å². The smallest absolute Gasteiger partial charge is 0.0892 e. The van der Waals surface area contributed by atoms with Gasteiger partial charge in [0.2, 0.25) is 0 Å². The van der Waals surface area contributed by atoms with Gasteiger partial charge >= 0.3 is 0 Å². The Hall–Kier alpha value is -3.78. The zero-order valence-corrected chi connectivity index (χ0v) is 21.4. The minimum Gasteiger partial charge on any atom is -0.260 e. The SMILES string of the molecule is CC1(C)C2=C(CCC=C2)c2ccc(-c3cncc(-c4ccc5c(c4)C(C)(C)c4ccccc4-5)n3)cc21. The molecule has 1 heterocycles. The van der Waals surface area contributed by atoms with Crippen LogP contribution in [0.1, 0.15) is 62.8 Å². The number of benzene rings is 3. The van der Waals surface area contributed by atoms with Crippen molar-refractivity contribution in [3.05, 3.63) is 113 Å². The predicted octanol–water partition coefficient (Wildman–Crippen LogP) is 8.51. The van der Waals surface area contributed by atoms with E-state index in [9.17, 15) is 0 Å². The van der Waals surface area contributed by atoms with E-state index in [2.05, 4.69) is 105 Å². The molecule has 0 unspecified atom stereocenters. The van der Waals surface area contributed by atoms with E-state index in [0.29, 0.717) is 0 Å². The van der Waals surface area contributed by atoms with Crippen LogP contribution in [0, 0.1) is 0 Å². The number of allylic oxidation sites excluding steroid dienone is 4. The monoisotopic (exact) mass is 466 g/mol. The van der Waals surface area contributed by atoms with Gasteiger partial charge in [-0.2, -0.15) is 0 Å². The lowest BCUT2D eigenvalue weighted by Crippen LogP contribution is -2.16. The van der Waals surface area contributed by atoms with Crippen LogP contribution in [-0.2, 0) is 10.8 Å². The fraction of sp³-hybridized carbons (Fsp3) is 0.235. The van der Waals surface area contributed by atoms with E-state index < -0.39 is 0 Å². The fourth-order valence-electron chi connectivity index (χ4n) is 6.67. The standard InChI is InChI=1S/C34H30N2/c1-33(2)27-11-7-5-9-23(27)25-15-13-21(17-29(25)33)31-19-35-20-32(36-31)22-14-16-26-24-10-6-8-12-28(24)34(3,4)30(26)18-22/h5,7-9,11-20H,6,10H2,1-4H3. The molecule has 0 atom stereocenters. The maximum atomic E-state index is 5.11. The van der Waals surface area contributed by atoms with Crippen molar-refractivity contribution in [2.75, 3.05) is 0 Å². The van der Waals surface area contributed by atoms with Gasteiger partial charge in [-0.25, -0.2) is 4.98 Å². The molecule has 7 rings (SSSR count). The fourth-order valence-corrected chi connectivity index (χ4v) is 6.67. The average molecular weight is 467 g/mol. The molecule has 36 heavy (non-hydrogen) atoms. The molecule has 4 aromatic rings. The van der Waals surface area contributed by atoms with Crippen molar-refractivity contribution in [1.29, 1.82) is 0 Å². The van der Waals surface area contributed by atoms with Gasteiger partial charge in [-0.1, -0.05) is 88.4 Å². The first-order chi connectivity index (χ1) is 17.4. The van der Waals surface area contributed by atoms with E-state index in [1.807, 2.05) is 12.4 Å². The summed E-state index contributed by atoms with van der Waals surface area (Å²) in [5.74, 6) is 0. The van der Waals surface area contributed by atoms with Crippen LogP contribution in [0.4, 0.5) is 0 Å². The average Bonchev–Trinajstić information content (AvgIpc) is 3.28. The highest BCUT2D eigenvalue weighted by Crippen LogP contribution is 2.51. The lowest BCUT2D eigenvalue weighted by atomic mass is 9.79. The summed E-state index contributed by atoms with van der Waals surface area (Å²) in [5, 5.41) is 0. The Kier molecular flexibility index (Phi) is 4.40. The Balaban J connectivity index is 1.29. The molecule has 0 bridgehead atoms. The van der Waals surface area contributed by atoms with Crippen LogP contribution in [0.15, 0.2) is 90.8 Å². The zero-order chi connectivity index (χ0) is 24.7. The van der Waals surface area contributed by atoms with Gasteiger partial charge in [-0.15, -0.1) is 0 Å². The van der Waals surface area contributed by atoms with Crippen molar-refractivity contribution in [2.45, 2.75) is 51.4 Å². The summed E-state index contributed by atoms with van der Waals surface area (Å²) < 4.78 is 0. The third-order valence-electron chi connectivity index (χ3n) is 8.67. The molecule has 0 aliphatic heterocycles. The van der Waals surface area contributed by atoms with Gasteiger partial charge < -0.3 is 0 Å². The molecule has 0 amide bonds. The molecule has 0 N–H and O–H groups in total. The Morgan fingerprint density at radius 2 is 1.31 bits per heavy atom. The van der Waals surface area contributed by atoms with Gasteiger partial charge in [-0.3, -0.25) is 4.98 Å². The largest absolute Gasteiger partial charge is 0.260 e. The first-order valence-corrected chi connectivity index (χ1v) is 13.0. The van der Waals surface area contributed by atoms with Gasteiger partial charge in [0.15, 0.2) is 0 Å². The van der Waals surface area contributed by atoms with Crippen molar-refractivity contribution < 1.29 is 0 Å². The van der Waals surface area contributed by atoms with Gasteiger partial charge in [0, 0.05) is 22.0 Å². The summed E-state index contributed by atoms with van der Waals surface area (Å²) in [6, 6.07) is 22.4. The molecule has 3 aliphatic rings. The molecule has 2 nitrogen and oxygen atoms in total. The summed E-state index contributed by atoms with van der Waals surface area (Å²) >= 11 is 0. The molecule has 176 valence electrons. The highest BCUT2D eigenvalue weighted by atomic mass is 14.8. The minimum atomic E-state index is -0.0287. The van der Waals surface area contributed by atoms with Crippen LogP contribution in [-0.4, -0.2) is 9.97 Å². The molecule has 3 aromatic carbocycles. The highest BCUT2D eigenvalue weighted by molar-refractivity contribution is 5.85. The van der Waals surface area contributed by atoms with Crippen molar-refractivity contribution in [3.8, 4) is 33.6 Å². The number of rotatable bonds is 2. The summed E-state index contributed by atoms with van der Waals surface area (Å²) in [6.07, 6.45) is 10.7. The number of fused-ring (bicyclic) bond motifs is 5. The summed E-state index contributed by atoms with van der Waals surface area (Å²) in [5.41, 5.74) is 15.3. The van der Waals surface area contributed by atoms with Crippen LogP contribution in [0.3, 0.4) is 0 Å². The lowest BCUT2D eigenvalue weighted by Gasteiger charge is -2.24. The first-order valence-electron chi connectivity index (χ1n) is 13.0. The summed E-state index contributed by atoms with van der Waals surface area (Å²) in [6.45, 7) is 9.33. The Morgan fingerprint density at radius 1 is 0.667 bits per heavy atom. The number of hydrogen-bond acceptors (Lipinski definition) is 2. The molecule has 3 aliphatic carbocycles. The Morgan fingerprint density at radius 3 is 2.06 bits per heavy atom. The molecule has 0 saturated carbocycles. The number of aromatic nitrogens is 2. The second kappa shape index (κ2) is 7.36. The van der Waals surface area contributed by atoms with E-state index in [0.717, 1.165) is 35.4 Å². The summed E-state index contributed by atoms with van der Waals surface area (Å²) in [7, 11) is 0. The topological polar surface area (TPSA) is 25.8 Å². The quantitative estimate of drug-likeness (QED) is 0.296. The first kappa shape index (κ1) is 21.5. The molecular formula is C34H30N2. The van der Waals surface area contributed by atoms with Crippen molar-refractivity contribution in [1.82, 2.24) is 9.97 Å². The molecule has 2 heteroatoms. The van der Waals surface area contributed by atoms with E-state index in [1.54, 1.807) is 0 Å². The molecule has 1 aromatic heterocycles. The van der Waals surface area contributed by atoms with E-state index in [4.69, 9.17) is 4.98 Å². The third kappa shape index (κ3) is 2.91. The normalized spacial score (nSPS) is 18.0. The minimum absolute atomic E-state index is 0.0171. The maximum Gasteiger partial charge on any atom is 0.0892 e. The summed E-state index contributed by atoms with van der Waals surface area (Å²) in [4.78, 5) is 9.73. The van der Waals surface area contributed by atoms with Crippen LogP contribution in [0.5, 0.6) is 0 Å². The Labute approximate surface area is 213 Å². The van der Waals surface area contributed by atoms with Gasteiger partial charge in [-0.05, 0) is 69.5 Å². The second-order valence-electron chi connectivity index (χ2n) is 11.4. The zero-order valence-electron chi connectivity index (χ0n) is 21.4. The van der Waals surface area contributed by atoms with Crippen LogP contribution in [0.2, 0.25) is 0 Å². The lowest BCUT2D eigenvalue weighted by molar-refractivity contribution is 0.651. The van der Waals surface area contributed by atoms with Crippen LogP contribution >= 0.6 is 0 Å². The van der Waals surface area contributed by atoms with E-state index >= 15 is 0 Å². The molecule has 0 radical (unpaired) electrons. The Bertz CT molecular complexity index is 1630.